The molecule has 1 unspecified atom stereocenters. The summed E-state index contributed by atoms with van der Waals surface area (Å²) in [6.45, 7) is 5.20. The number of ether oxygens (including phenoxy) is 1. The van der Waals surface area contributed by atoms with Crippen molar-refractivity contribution >= 4 is 5.97 Å². The maximum absolute atomic E-state index is 11.3. The topological polar surface area (TPSA) is 75.6 Å². The van der Waals surface area contributed by atoms with E-state index >= 15 is 0 Å². The van der Waals surface area contributed by atoms with Gasteiger partial charge in [-0.05, 0) is 32.9 Å². The predicted octanol–water partition coefficient (Wildman–Crippen LogP) is 0.875. The van der Waals surface area contributed by atoms with Crippen LogP contribution in [0, 0.1) is 13.8 Å². The summed E-state index contributed by atoms with van der Waals surface area (Å²) < 4.78 is 5.68. The first-order valence-corrected chi connectivity index (χ1v) is 5.91. The lowest BCUT2D eigenvalue weighted by Crippen LogP contribution is -2.23. The number of aryl methyl sites for hydroxylation is 1. The normalized spacial score (nSPS) is 20.1. The van der Waals surface area contributed by atoms with Crippen LogP contribution >= 0.6 is 0 Å². The fourth-order valence-electron chi connectivity index (χ4n) is 2.07. The van der Waals surface area contributed by atoms with Gasteiger partial charge in [-0.2, -0.15) is 5.10 Å². The van der Waals surface area contributed by atoms with E-state index in [1.54, 1.807) is 13.8 Å². The first-order chi connectivity index (χ1) is 8.49. The second-order valence-electron chi connectivity index (χ2n) is 4.69. The van der Waals surface area contributed by atoms with E-state index in [1.165, 1.54) is 0 Å². The lowest BCUT2D eigenvalue weighted by molar-refractivity contribution is 0.0686. The molecule has 1 saturated heterocycles. The second-order valence-corrected chi connectivity index (χ2v) is 4.69. The molecule has 0 amide bonds. The fraction of sp³-hybridized carbons (Fsp3) is 0.583. The average molecular weight is 251 g/mol. The summed E-state index contributed by atoms with van der Waals surface area (Å²) in [5, 5.41) is 17.0. The van der Waals surface area contributed by atoms with Crippen LogP contribution in [-0.2, 0) is 0 Å². The van der Waals surface area contributed by atoms with E-state index < -0.39 is 5.97 Å². The molecular weight excluding hydrogens is 234 g/mol. The van der Waals surface area contributed by atoms with Crippen molar-refractivity contribution in [1.29, 1.82) is 0 Å². The van der Waals surface area contributed by atoms with E-state index in [2.05, 4.69) is 15.1 Å². The van der Waals surface area contributed by atoms with Crippen LogP contribution in [0.25, 0.3) is 0 Å². The molecule has 6 nitrogen and oxygen atoms in total. The molecule has 2 rings (SSSR count). The quantitative estimate of drug-likeness (QED) is 0.859. The van der Waals surface area contributed by atoms with Crippen molar-refractivity contribution in [2.24, 2.45) is 0 Å². The summed E-state index contributed by atoms with van der Waals surface area (Å²) >= 11 is 0. The number of nitrogens with zero attached hydrogens (tertiary/aromatic N) is 3. The van der Waals surface area contributed by atoms with Gasteiger partial charge in [-0.15, -0.1) is 5.10 Å². The van der Waals surface area contributed by atoms with Gasteiger partial charge in [0.1, 0.15) is 11.7 Å². The number of carboxylic acids is 1. The highest BCUT2D eigenvalue weighted by molar-refractivity contribution is 5.92. The number of likely N-dealkylation sites (N-methyl/N-ethyl adjacent to an activating group) is 1. The molecular formula is C12H17N3O3. The number of hydrogen-bond acceptors (Lipinski definition) is 5. The standard InChI is InChI=1S/C12H17N3O3/c1-7-8(2)13-14-11(10(7)12(16)17)18-9-4-5-15(3)6-9/h9H,4-6H2,1-3H3,(H,16,17). The Balaban J connectivity index is 2.27. The molecule has 0 aliphatic carbocycles. The molecule has 1 aromatic heterocycles. The fourth-order valence-corrected chi connectivity index (χ4v) is 2.07. The summed E-state index contributed by atoms with van der Waals surface area (Å²) in [5.41, 5.74) is 1.35. The molecule has 0 radical (unpaired) electrons. The zero-order valence-electron chi connectivity index (χ0n) is 10.8. The summed E-state index contributed by atoms with van der Waals surface area (Å²) in [6, 6.07) is 0. The van der Waals surface area contributed by atoms with E-state index in [-0.39, 0.29) is 17.5 Å². The first-order valence-electron chi connectivity index (χ1n) is 5.91. The molecule has 0 spiro atoms. The summed E-state index contributed by atoms with van der Waals surface area (Å²) in [4.78, 5) is 13.4. The Morgan fingerprint density at radius 1 is 1.44 bits per heavy atom. The smallest absolute Gasteiger partial charge is 0.341 e. The Kier molecular flexibility index (Phi) is 3.47. The van der Waals surface area contributed by atoms with Gasteiger partial charge in [0.05, 0.1) is 5.69 Å². The minimum Gasteiger partial charge on any atom is -0.477 e. The van der Waals surface area contributed by atoms with Gasteiger partial charge in [0, 0.05) is 13.1 Å². The van der Waals surface area contributed by atoms with Gasteiger partial charge in [0.2, 0.25) is 5.88 Å². The van der Waals surface area contributed by atoms with Crippen LogP contribution in [-0.4, -0.2) is 52.4 Å². The molecule has 1 fully saturated rings. The van der Waals surface area contributed by atoms with Crippen LogP contribution in [0.15, 0.2) is 0 Å². The maximum atomic E-state index is 11.3. The molecule has 1 aliphatic rings. The zero-order chi connectivity index (χ0) is 13.3. The van der Waals surface area contributed by atoms with Crippen molar-refractivity contribution in [2.75, 3.05) is 20.1 Å². The van der Waals surface area contributed by atoms with Crippen LogP contribution in [0.1, 0.15) is 28.0 Å². The zero-order valence-corrected chi connectivity index (χ0v) is 10.8. The second kappa shape index (κ2) is 4.89. The van der Waals surface area contributed by atoms with E-state index in [1.807, 2.05) is 7.05 Å². The minimum atomic E-state index is -1.02. The van der Waals surface area contributed by atoms with E-state index in [0.717, 1.165) is 19.5 Å². The predicted molar refractivity (Wildman–Crippen MR) is 65.0 cm³/mol. The summed E-state index contributed by atoms with van der Waals surface area (Å²) in [7, 11) is 2.01. The Morgan fingerprint density at radius 2 is 2.17 bits per heavy atom. The molecule has 6 heteroatoms. The number of carboxylic acid groups (broad SMARTS) is 1. The van der Waals surface area contributed by atoms with Gasteiger partial charge >= 0.3 is 5.97 Å². The highest BCUT2D eigenvalue weighted by Crippen LogP contribution is 2.23. The van der Waals surface area contributed by atoms with Gasteiger partial charge in [-0.1, -0.05) is 0 Å². The number of aromatic nitrogens is 2. The van der Waals surface area contributed by atoms with Gasteiger partial charge < -0.3 is 14.7 Å². The van der Waals surface area contributed by atoms with Crippen molar-refractivity contribution < 1.29 is 14.6 Å². The van der Waals surface area contributed by atoms with Crippen LogP contribution < -0.4 is 4.74 Å². The third-order valence-corrected chi connectivity index (χ3v) is 3.26. The Bertz CT molecular complexity index is 476. The highest BCUT2D eigenvalue weighted by Gasteiger charge is 2.25. The van der Waals surface area contributed by atoms with Crippen LogP contribution in [0.2, 0.25) is 0 Å². The Morgan fingerprint density at radius 3 is 2.72 bits per heavy atom. The molecule has 2 heterocycles. The lowest BCUT2D eigenvalue weighted by Gasteiger charge is -2.15. The molecule has 0 aromatic carbocycles. The third-order valence-electron chi connectivity index (χ3n) is 3.26. The third kappa shape index (κ3) is 2.43. The average Bonchev–Trinajstić information content (AvgIpc) is 2.69. The van der Waals surface area contributed by atoms with Crippen LogP contribution in [0.3, 0.4) is 0 Å². The Hall–Kier alpha value is -1.69. The minimum absolute atomic E-state index is 0.00972. The monoisotopic (exact) mass is 251 g/mol. The van der Waals surface area contributed by atoms with Gasteiger partial charge in [0.25, 0.3) is 0 Å². The molecule has 18 heavy (non-hydrogen) atoms. The molecule has 1 N–H and O–H groups in total. The van der Waals surface area contributed by atoms with Crippen molar-refractivity contribution in [3.05, 3.63) is 16.8 Å². The molecule has 1 aliphatic heterocycles. The molecule has 98 valence electrons. The number of rotatable bonds is 3. The van der Waals surface area contributed by atoms with Crippen molar-refractivity contribution in [3.63, 3.8) is 0 Å². The molecule has 1 atom stereocenters. The Labute approximate surface area is 106 Å². The molecule has 0 bridgehead atoms. The molecule has 0 saturated carbocycles. The SMILES string of the molecule is Cc1nnc(OC2CCN(C)C2)c(C(=O)O)c1C. The van der Waals surface area contributed by atoms with E-state index in [0.29, 0.717) is 11.3 Å². The first kappa shape index (κ1) is 12.8. The van der Waals surface area contributed by atoms with Gasteiger partial charge in [-0.3, -0.25) is 0 Å². The van der Waals surface area contributed by atoms with E-state index in [9.17, 15) is 9.90 Å². The van der Waals surface area contributed by atoms with Gasteiger partial charge in [0.15, 0.2) is 0 Å². The largest absolute Gasteiger partial charge is 0.477 e. The van der Waals surface area contributed by atoms with E-state index in [4.69, 9.17) is 4.74 Å². The number of hydrogen-bond donors (Lipinski definition) is 1. The maximum Gasteiger partial charge on any atom is 0.341 e. The number of carbonyl (C=O) groups is 1. The summed E-state index contributed by atoms with van der Waals surface area (Å²) in [5.74, 6) is -0.891. The van der Waals surface area contributed by atoms with Crippen molar-refractivity contribution in [1.82, 2.24) is 15.1 Å². The number of likely N-dealkylation sites (tertiary alicyclic amines) is 1. The number of aromatic carboxylic acids is 1. The lowest BCUT2D eigenvalue weighted by atomic mass is 10.1. The van der Waals surface area contributed by atoms with Crippen LogP contribution in [0.4, 0.5) is 0 Å². The van der Waals surface area contributed by atoms with Crippen molar-refractivity contribution in [3.8, 4) is 5.88 Å². The molecule has 1 aromatic rings. The highest BCUT2D eigenvalue weighted by atomic mass is 16.5. The van der Waals surface area contributed by atoms with Crippen molar-refractivity contribution in [2.45, 2.75) is 26.4 Å². The van der Waals surface area contributed by atoms with Gasteiger partial charge in [-0.25, -0.2) is 4.79 Å². The summed E-state index contributed by atoms with van der Waals surface area (Å²) in [6.07, 6.45) is 0.869. The van der Waals surface area contributed by atoms with Crippen LogP contribution in [0.5, 0.6) is 5.88 Å².